The number of benzene rings is 1. The fourth-order valence-electron chi connectivity index (χ4n) is 2.09. The maximum atomic E-state index is 12.0. The van der Waals surface area contributed by atoms with Crippen molar-refractivity contribution >= 4 is 23.2 Å². The highest BCUT2D eigenvalue weighted by Gasteiger charge is 2.20. The average Bonchev–Trinajstić information content (AvgIpc) is 2.45. The first-order valence-electron chi connectivity index (χ1n) is 6.49. The summed E-state index contributed by atoms with van der Waals surface area (Å²) in [4.78, 5) is 24.3. The van der Waals surface area contributed by atoms with E-state index in [9.17, 15) is 14.9 Å². The van der Waals surface area contributed by atoms with E-state index in [1.54, 1.807) is 0 Å². The second-order valence-corrected chi connectivity index (χ2v) is 5.30. The zero-order valence-corrected chi connectivity index (χ0v) is 12.3. The molecule has 1 atom stereocenters. The number of halogens is 1. The van der Waals surface area contributed by atoms with Crippen LogP contribution in [0.5, 0.6) is 0 Å². The number of hydrogen-bond acceptors (Lipinski definition) is 5. The van der Waals surface area contributed by atoms with Crippen LogP contribution < -0.4 is 5.32 Å². The van der Waals surface area contributed by atoms with Crippen molar-refractivity contribution in [1.29, 1.82) is 0 Å². The van der Waals surface area contributed by atoms with Crippen LogP contribution in [0.1, 0.15) is 10.4 Å². The summed E-state index contributed by atoms with van der Waals surface area (Å²) in [7, 11) is 1.99. The molecule has 1 N–H and O–H groups in total. The van der Waals surface area contributed by atoms with Crippen molar-refractivity contribution in [3.8, 4) is 0 Å². The van der Waals surface area contributed by atoms with E-state index in [1.807, 2.05) is 7.05 Å². The zero-order chi connectivity index (χ0) is 15.4. The molecule has 1 heterocycles. The third-order valence-corrected chi connectivity index (χ3v) is 3.56. The summed E-state index contributed by atoms with van der Waals surface area (Å²) >= 11 is 5.71. The number of hydrogen-bond donors (Lipinski definition) is 1. The van der Waals surface area contributed by atoms with E-state index in [0.29, 0.717) is 13.2 Å². The van der Waals surface area contributed by atoms with Gasteiger partial charge in [0.15, 0.2) is 0 Å². The Kier molecular flexibility index (Phi) is 5.11. The molecule has 1 aliphatic rings. The van der Waals surface area contributed by atoms with Gasteiger partial charge in [0.25, 0.3) is 11.6 Å². The number of nitrogens with zero attached hydrogens (tertiary/aromatic N) is 2. The van der Waals surface area contributed by atoms with Crippen molar-refractivity contribution in [2.24, 2.45) is 0 Å². The van der Waals surface area contributed by atoms with Crippen molar-refractivity contribution in [2.45, 2.75) is 6.10 Å². The van der Waals surface area contributed by atoms with Gasteiger partial charge in [0.1, 0.15) is 5.02 Å². The van der Waals surface area contributed by atoms with Gasteiger partial charge in [0, 0.05) is 31.3 Å². The fraction of sp³-hybridized carbons (Fsp3) is 0.462. The summed E-state index contributed by atoms with van der Waals surface area (Å²) in [5.41, 5.74) is -0.0757. The molecular formula is C13H16ClN3O4. The van der Waals surface area contributed by atoms with Gasteiger partial charge < -0.3 is 15.0 Å². The van der Waals surface area contributed by atoms with Gasteiger partial charge in [0.2, 0.25) is 0 Å². The van der Waals surface area contributed by atoms with Gasteiger partial charge >= 0.3 is 0 Å². The monoisotopic (exact) mass is 313 g/mol. The van der Waals surface area contributed by atoms with E-state index in [1.165, 1.54) is 18.2 Å². The largest absolute Gasteiger partial charge is 0.374 e. The van der Waals surface area contributed by atoms with Crippen LogP contribution in [0, 0.1) is 10.1 Å². The Hall–Kier alpha value is -1.70. The summed E-state index contributed by atoms with van der Waals surface area (Å²) in [6.07, 6.45) is -0.0741. The number of morpholine rings is 1. The van der Waals surface area contributed by atoms with Crippen LogP contribution in [0.2, 0.25) is 5.02 Å². The third-order valence-electron chi connectivity index (χ3n) is 3.24. The number of ether oxygens (including phenoxy) is 1. The molecule has 2 rings (SSSR count). The van der Waals surface area contributed by atoms with Gasteiger partial charge in [-0.2, -0.15) is 0 Å². The number of rotatable bonds is 4. The lowest BCUT2D eigenvalue weighted by atomic mass is 10.2. The maximum absolute atomic E-state index is 12.0. The Labute approximate surface area is 127 Å². The van der Waals surface area contributed by atoms with E-state index < -0.39 is 4.92 Å². The number of likely N-dealkylation sites (N-methyl/N-ethyl adjacent to an activating group) is 1. The second-order valence-electron chi connectivity index (χ2n) is 4.89. The van der Waals surface area contributed by atoms with Gasteiger partial charge in [-0.05, 0) is 19.2 Å². The van der Waals surface area contributed by atoms with Crippen molar-refractivity contribution in [2.75, 3.05) is 33.3 Å². The molecule has 0 spiro atoms. The predicted molar refractivity (Wildman–Crippen MR) is 77.7 cm³/mol. The molecule has 1 aromatic carbocycles. The summed E-state index contributed by atoms with van der Waals surface area (Å²) in [6.45, 7) is 2.60. The van der Waals surface area contributed by atoms with E-state index in [-0.39, 0.29) is 28.3 Å². The molecule has 114 valence electrons. The first kappa shape index (κ1) is 15.7. The van der Waals surface area contributed by atoms with Crippen LogP contribution in [0.3, 0.4) is 0 Å². The topological polar surface area (TPSA) is 84.7 Å². The minimum atomic E-state index is -0.613. The van der Waals surface area contributed by atoms with Gasteiger partial charge in [-0.25, -0.2) is 0 Å². The molecule has 0 aromatic heterocycles. The van der Waals surface area contributed by atoms with Crippen LogP contribution in [0.25, 0.3) is 0 Å². The molecular weight excluding hydrogens is 298 g/mol. The summed E-state index contributed by atoms with van der Waals surface area (Å²) in [6, 6.07) is 3.98. The molecule has 0 aliphatic carbocycles. The molecule has 0 bridgehead atoms. The molecule has 0 saturated carbocycles. The molecule has 1 fully saturated rings. The third kappa shape index (κ3) is 4.13. The SMILES string of the molecule is CN1CCOC(CNC(=O)c2ccc(Cl)c([N+](=O)[O-])c2)C1. The van der Waals surface area contributed by atoms with E-state index in [4.69, 9.17) is 16.3 Å². The minimum Gasteiger partial charge on any atom is -0.374 e. The minimum absolute atomic E-state index is 0.00814. The van der Waals surface area contributed by atoms with Crippen molar-refractivity contribution in [3.63, 3.8) is 0 Å². The van der Waals surface area contributed by atoms with E-state index >= 15 is 0 Å². The molecule has 1 saturated heterocycles. The van der Waals surface area contributed by atoms with Crippen molar-refractivity contribution in [3.05, 3.63) is 38.9 Å². The Morgan fingerprint density at radius 1 is 1.62 bits per heavy atom. The maximum Gasteiger partial charge on any atom is 0.288 e. The highest BCUT2D eigenvalue weighted by atomic mass is 35.5. The van der Waals surface area contributed by atoms with Crippen LogP contribution in [-0.4, -0.2) is 55.1 Å². The lowest BCUT2D eigenvalue weighted by Crippen LogP contribution is -2.45. The van der Waals surface area contributed by atoms with E-state index in [0.717, 1.165) is 13.1 Å². The van der Waals surface area contributed by atoms with Crippen LogP contribution in [0.15, 0.2) is 18.2 Å². The predicted octanol–water partition coefficient (Wildman–Crippen LogP) is 1.31. The molecule has 0 radical (unpaired) electrons. The molecule has 1 unspecified atom stereocenters. The first-order chi connectivity index (χ1) is 9.97. The molecule has 7 nitrogen and oxygen atoms in total. The summed E-state index contributed by atoms with van der Waals surface area (Å²) < 4.78 is 5.53. The number of nitrogens with one attached hydrogen (secondary N) is 1. The summed E-state index contributed by atoms with van der Waals surface area (Å²) in [5, 5.41) is 13.5. The van der Waals surface area contributed by atoms with Crippen LogP contribution in [-0.2, 0) is 4.74 Å². The number of carbonyl (C=O) groups excluding carboxylic acids is 1. The highest BCUT2D eigenvalue weighted by Crippen LogP contribution is 2.24. The quantitative estimate of drug-likeness (QED) is 0.669. The average molecular weight is 314 g/mol. The molecule has 1 aromatic rings. The van der Waals surface area contributed by atoms with Crippen molar-refractivity contribution in [1.82, 2.24) is 10.2 Å². The summed E-state index contributed by atoms with van der Waals surface area (Å²) in [5.74, 6) is -0.383. The van der Waals surface area contributed by atoms with E-state index in [2.05, 4.69) is 10.2 Å². The first-order valence-corrected chi connectivity index (χ1v) is 6.87. The van der Waals surface area contributed by atoms with Gasteiger partial charge in [0.05, 0.1) is 17.6 Å². The number of carbonyl (C=O) groups is 1. The standard InChI is InChI=1S/C13H16ClN3O4/c1-16-4-5-21-10(8-16)7-15-13(18)9-2-3-11(14)12(6-9)17(19)20/h2-3,6,10H,4-5,7-8H2,1H3,(H,15,18). The molecule has 21 heavy (non-hydrogen) atoms. The fourth-order valence-corrected chi connectivity index (χ4v) is 2.28. The smallest absolute Gasteiger partial charge is 0.288 e. The lowest BCUT2D eigenvalue weighted by Gasteiger charge is -2.30. The Bertz CT molecular complexity index is 552. The van der Waals surface area contributed by atoms with Crippen molar-refractivity contribution < 1.29 is 14.5 Å². The zero-order valence-electron chi connectivity index (χ0n) is 11.5. The second kappa shape index (κ2) is 6.84. The Balaban J connectivity index is 1.97. The highest BCUT2D eigenvalue weighted by molar-refractivity contribution is 6.32. The number of amides is 1. The van der Waals surface area contributed by atoms with Crippen LogP contribution in [0.4, 0.5) is 5.69 Å². The molecule has 1 aliphatic heterocycles. The molecule has 1 amide bonds. The molecule has 8 heteroatoms. The van der Waals surface area contributed by atoms with Crippen LogP contribution >= 0.6 is 11.6 Å². The normalized spacial score (nSPS) is 19.2. The Morgan fingerprint density at radius 2 is 2.38 bits per heavy atom. The lowest BCUT2D eigenvalue weighted by molar-refractivity contribution is -0.384. The van der Waals surface area contributed by atoms with Gasteiger partial charge in [-0.3, -0.25) is 14.9 Å². The number of nitro benzene ring substituents is 1. The number of nitro groups is 1. The Morgan fingerprint density at radius 3 is 3.05 bits per heavy atom. The van der Waals surface area contributed by atoms with Gasteiger partial charge in [-0.1, -0.05) is 11.6 Å². The van der Waals surface area contributed by atoms with Gasteiger partial charge in [-0.15, -0.1) is 0 Å².